The molecular formula is C16H32O3Si. The van der Waals surface area contributed by atoms with Crippen LogP contribution in [0.4, 0.5) is 0 Å². The average molecular weight is 301 g/mol. The van der Waals surface area contributed by atoms with E-state index in [9.17, 15) is 5.11 Å². The molecule has 3 atom stereocenters. The first-order chi connectivity index (χ1) is 9.24. The largest absolute Gasteiger partial charge is 0.414 e. The lowest BCUT2D eigenvalue weighted by Gasteiger charge is -2.44. The summed E-state index contributed by atoms with van der Waals surface area (Å²) in [6, 6.07) is 3.58. The van der Waals surface area contributed by atoms with Crippen LogP contribution in [0.3, 0.4) is 0 Å². The second-order valence-corrected chi connectivity index (χ2v) is 12.3. The van der Waals surface area contributed by atoms with Gasteiger partial charge in [-0.25, -0.2) is 0 Å². The van der Waals surface area contributed by atoms with Crippen LogP contribution >= 0.6 is 0 Å². The molecule has 1 heterocycles. The Hall–Kier alpha value is 0.0969. The first-order valence-electron chi connectivity index (χ1n) is 8.22. The van der Waals surface area contributed by atoms with Crippen molar-refractivity contribution in [2.75, 3.05) is 6.61 Å². The predicted octanol–water partition coefficient (Wildman–Crippen LogP) is 3.72. The SMILES string of the molecule is CC[Si](CC)(CC)O[C@H]1CC(C)(C)[C@@]2(CO)O[C@@]2(C)C1. The standard InChI is InChI=1S/C16H32O3Si/c1-7-20(8-2,9-3)18-13-10-14(4,5)16(12-17)15(6,11-13)19-16/h13,17H,7-12H2,1-6H3/t13-,15-,16+/m0/s1. The van der Waals surface area contributed by atoms with Crippen molar-refractivity contribution in [2.45, 2.75) is 89.8 Å². The molecule has 3 nitrogen and oxygen atoms in total. The Morgan fingerprint density at radius 1 is 1.10 bits per heavy atom. The van der Waals surface area contributed by atoms with E-state index in [2.05, 4.69) is 41.5 Å². The summed E-state index contributed by atoms with van der Waals surface area (Å²) in [4.78, 5) is 0. The summed E-state index contributed by atoms with van der Waals surface area (Å²) >= 11 is 0. The summed E-state index contributed by atoms with van der Waals surface area (Å²) in [7, 11) is -1.56. The molecule has 1 saturated heterocycles. The van der Waals surface area contributed by atoms with Crippen LogP contribution in [0.15, 0.2) is 0 Å². The number of fused-ring (bicyclic) bond motifs is 1. The highest BCUT2D eigenvalue weighted by Crippen LogP contribution is 2.65. The smallest absolute Gasteiger partial charge is 0.192 e. The summed E-state index contributed by atoms with van der Waals surface area (Å²) in [6.45, 7) is 13.5. The van der Waals surface area contributed by atoms with Crippen LogP contribution in [0.5, 0.6) is 0 Å². The molecule has 4 heteroatoms. The van der Waals surface area contributed by atoms with Crippen molar-refractivity contribution in [3.05, 3.63) is 0 Å². The Morgan fingerprint density at radius 2 is 1.65 bits per heavy atom. The molecule has 2 rings (SSSR count). The van der Waals surface area contributed by atoms with Gasteiger partial charge in [-0.2, -0.15) is 0 Å². The number of hydrogen-bond acceptors (Lipinski definition) is 3. The van der Waals surface area contributed by atoms with E-state index in [1.165, 1.54) is 18.1 Å². The second kappa shape index (κ2) is 5.08. The number of epoxide rings is 1. The predicted molar refractivity (Wildman–Crippen MR) is 84.4 cm³/mol. The lowest BCUT2D eigenvalue weighted by molar-refractivity contribution is 0.0145. The van der Waals surface area contributed by atoms with Crippen molar-refractivity contribution in [3.63, 3.8) is 0 Å². The zero-order chi connectivity index (χ0) is 15.2. The van der Waals surface area contributed by atoms with E-state index in [0.29, 0.717) is 6.10 Å². The zero-order valence-corrected chi connectivity index (χ0v) is 15.1. The molecule has 0 spiro atoms. The first kappa shape index (κ1) is 16.5. The van der Waals surface area contributed by atoms with Gasteiger partial charge in [-0.3, -0.25) is 0 Å². The van der Waals surface area contributed by atoms with E-state index in [4.69, 9.17) is 9.16 Å². The maximum Gasteiger partial charge on any atom is 0.192 e. The Bertz CT molecular complexity index is 358. The van der Waals surface area contributed by atoms with Gasteiger partial charge in [0.15, 0.2) is 8.32 Å². The molecule has 0 aromatic heterocycles. The number of ether oxygens (including phenoxy) is 1. The molecule has 1 aliphatic heterocycles. The highest BCUT2D eigenvalue weighted by atomic mass is 28.4. The summed E-state index contributed by atoms with van der Waals surface area (Å²) in [5.41, 5.74) is -0.549. The van der Waals surface area contributed by atoms with Crippen molar-refractivity contribution in [2.24, 2.45) is 5.41 Å². The number of aliphatic hydroxyl groups excluding tert-OH is 1. The van der Waals surface area contributed by atoms with Gasteiger partial charge in [-0.05, 0) is 31.5 Å². The molecule has 0 bridgehead atoms. The van der Waals surface area contributed by atoms with Gasteiger partial charge >= 0.3 is 0 Å². The molecule has 0 aromatic rings. The number of aliphatic hydroxyl groups is 1. The van der Waals surface area contributed by atoms with Crippen molar-refractivity contribution in [1.29, 1.82) is 0 Å². The van der Waals surface area contributed by atoms with E-state index in [0.717, 1.165) is 12.8 Å². The minimum absolute atomic E-state index is 0.0191. The molecule has 1 N–H and O–H groups in total. The molecule has 118 valence electrons. The monoisotopic (exact) mass is 300 g/mol. The van der Waals surface area contributed by atoms with Gasteiger partial charge in [-0.1, -0.05) is 34.6 Å². The number of hydrogen-bond donors (Lipinski definition) is 1. The average Bonchev–Trinajstić information content (AvgIpc) is 3.03. The highest BCUT2D eigenvalue weighted by molar-refractivity contribution is 6.73. The van der Waals surface area contributed by atoms with Gasteiger partial charge < -0.3 is 14.3 Å². The molecule has 2 fully saturated rings. The van der Waals surface area contributed by atoms with E-state index in [-0.39, 0.29) is 23.2 Å². The fourth-order valence-electron chi connectivity index (χ4n) is 4.51. The lowest BCUT2D eigenvalue weighted by atomic mass is 9.63. The summed E-state index contributed by atoms with van der Waals surface area (Å²) in [5.74, 6) is 0. The Labute approximate surface area is 125 Å². The first-order valence-corrected chi connectivity index (χ1v) is 10.8. The summed E-state index contributed by atoms with van der Waals surface area (Å²) in [6.07, 6.45) is 2.23. The lowest BCUT2D eigenvalue weighted by Crippen LogP contribution is -2.52. The van der Waals surface area contributed by atoms with E-state index >= 15 is 0 Å². The molecule has 20 heavy (non-hydrogen) atoms. The van der Waals surface area contributed by atoms with Crippen molar-refractivity contribution in [3.8, 4) is 0 Å². The van der Waals surface area contributed by atoms with Crippen molar-refractivity contribution < 1.29 is 14.3 Å². The van der Waals surface area contributed by atoms with E-state index in [1.807, 2.05) is 0 Å². The molecule has 2 aliphatic rings. The van der Waals surface area contributed by atoms with Gasteiger partial charge in [0, 0.05) is 17.9 Å². The van der Waals surface area contributed by atoms with Gasteiger partial charge in [0.25, 0.3) is 0 Å². The van der Waals surface area contributed by atoms with Gasteiger partial charge in [0.2, 0.25) is 0 Å². The van der Waals surface area contributed by atoms with Crippen LogP contribution in [0.2, 0.25) is 18.1 Å². The third-order valence-electron chi connectivity index (χ3n) is 6.23. The Kier molecular flexibility index (Phi) is 4.18. The van der Waals surface area contributed by atoms with Crippen molar-refractivity contribution >= 4 is 8.32 Å². The minimum Gasteiger partial charge on any atom is -0.414 e. The molecular weight excluding hydrogens is 268 g/mol. The molecule has 0 unspecified atom stereocenters. The van der Waals surface area contributed by atoms with Crippen LogP contribution in [0.1, 0.15) is 54.4 Å². The van der Waals surface area contributed by atoms with E-state index in [1.54, 1.807) is 0 Å². The fraction of sp³-hybridized carbons (Fsp3) is 1.00. The van der Waals surface area contributed by atoms with Crippen LogP contribution in [-0.4, -0.2) is 37.3 Å². The van der Waals surface area contributed by atoms with Gasteiger partial charge in [0.1, 0.15) is 11.2 Å². The maximum atomic E-state index is 9.79. The van der Waals surface area contributed by atoms with Crippen LogP contribution in [0, 0.1) is 5.41 Å². The van der Waals surface area contributed by atoms with Gasteiger partial charge in [-0.15, -0.1) is 0 Å². The molecule has 0 radical (unpaired) electrons. The van der Waals surface area contributed by atoms with Crippen LogP contribution < -0.4 is 0 Å². The third-order valence-corrected chi connectivity index (χ3v) is 10.9. The highest BCUT2D eigenvalue weighted by Gasteiger charge is 2.76. The Morgan fingerprint density at radius 3 is 2.05 bits per heavy atom. The molecule has 1 aliphatic carbocycles. The summed E-state index contributed by atoms with van der Waals surface area (Å²) in [5, 5.41) is 9.79. The quantitative estimate of drug-likeness (QED) is 0.600. The minimum atomic E-state index is -1.56. The van der Waals surface area contributed by atoms with E-state index < -0.39 is 8.32 Å². The van der Waals surface area contributed by atoms with Gasteiger partial charge in [0.05, 0.1) is 6.61 Å². The molecule has 0 aromatic carbocycles. The van der Waals surface area contributed by atoms with Crippen LogP contribution in [-0.2, 0) is 9.16 Å². The maximum absolute atomic E-state index is 9.79. The summed E-state index contributed by atoms with van der Waals surface area (Å²) < 4.78 is 12.7. The normalized spacial score (nSPS) is 39.5. The second-order valence-electron chi connectivity index (χ2n) is 7.59. The fourth-order valence-corrected chi connectivity index (χ4v) is 7.38. The molecule has 0 amide bonds. The third kappa shape index (κ3) is 2.19. The molecule has 1 saturated carbocycles. The van der Waals surface area contributed by atoms with Crippen molar-refractivity contribution in [1.82, 2.24) is 0 Å². The Balaban J connectivity index is 2.14. The topological polar surface area (TPSA) is 42.0 Å². The zero-order valence-electron chi connectivity index (χ0n) is 14.1. The number of rotatable bonds is 6. The van der Waals surface area contributed by atoms with Crippen LogP contribution in [0.25, 0.3) is 0 Å².